The molecular weight excluding hydrogens is 394 g/mol. The fourth-order valence-electron chi connectivity index (χ4n) is 4.48. The number of benzene rings is 1. The highest BCUT2D eigenvalue weighted by Gasteiger charge is 2.35. The van der Waals surface area contributed by atoms with Crippen LogP contribution in [0.5, 0.6) is 0 Å². The lowest BCUT2D eigenvalue weighted by molar-refractivity contribution is -0.132. The molecule has 1 aromatic heterocycles. The third-order valence-electron chi connectivity index (χ3n) is 6.23. The van der Waals surface area contributed by atoms with E-state index in [1.807, 2.05) is 30.5 Å². The monoisotopic (exact) mass is 427 g/mol. The van der Waals surface area contributed by atoms with Gasteiger partial charge >= 0.3 is 0 Å². The molecule has 5 N–H and O–H groups in total. The minimum atomic E-state index is -0.577. The van der Waals surface area contributed by atoms with E-state index in [4.69, 9.17) is 0 Å². The van der Waals surface area contributed by atoms with E-state index >= 15 is 0 Å². The van der Waals surface area contributed by atoms with Crippen molar-refractivity contribution in [2.75, 3.05) is 13.2 Å². The third kappa shape index (κ3) is 5.74. The standard InChI is InChI=1S/C24H33N3O4/c1-2-7-17(13-22(30)27-24(16-29)10-5-6-11-24)23(31)26-19(15-28)12-18-14-25-21-9-4-3-8-20(18)21/h2-4,8-9,14,17,19,25,28-29H,1,5-7,10-13,15-16H2,(H,26,31)(H,27,30)/t17-,19+/m1/s1. The van der Waals surface area contributed by atoms with E-state index in [-0.39, 0.29) is 31.4 Å². The van der Waals surface area contributed by atoms with Crippen LogP contribution in [0.1, 0.15) is 44.1 Å². The fraction of sp³-hybridized carbons (Fsp3) is 0.500. The Morgan fingerprint density at radius 1 is 1.23 bits per heavy atom. The Balaban J connectivity index is 1.61. The molecule has 7 heteroatoms. The van der Waals surface area contributed by atoms with Crippen LogP contribution in [0.4, 0.5) is 0 Å². The number of carbonyl (C=O) groups is 2. The van der Waals surface area contributed by atoms with Gasteiger partial charge in [0.05, 0.1) is 30.7 Å². The molecule has 0 bridgehead atoms. The average molecular weight is 428 g/mol. The lowest BCUT2D eigenvalue weighted by atomic mass is 9.95. The number of amides is 2. The van der Waals surface area contributed by atoms with Crippen molar-refractivity contribution in [2.24, 2.45) is 5.92 Å². The maximum atomic E-state index is 12.9. The van der Waals surface area contributed by atoms with Gasteiger partial charge in [-0.3, -0.25) is 9.59 Å². The van der Waals surface area contributed by atoms with E-state index in [9.17, 15) is 19.8 Å². The summed E-state index contributed by atoms with van der Waals surface area (Å²) in [5.74, 6) is -1.10. The van der Waals surface area contributed by atoms with Crippen molar-refractivity contribution in [1.82, 2.24) is 15.6 Å². The van der Waals surface area contributed by atoms with Crippen molar-refractivity contribution in [1.29, 1.82) is 0 Å². The molecule has 2 atom stereocenters. The Morgan fingerprint density at radius 3 is 2.65 bits per heavy atom. The van der Waals surface area contributed by atoms with Gasteiger partial charge in [-0.2, -0.15) is 0 Å². The average Bonchev–Trinajstić information content (AvgIpc) is 3.40. The van der Waals surface area contributed by atoms with Crippen LogP contribution < -0.4 is 10.6 Å². The number of nitrogens with one attached hydrogen (secondary N) is 3. The van der Waals surface area contributed by atoms with Gasteiger partial charge in [0, 0.05) is 23.5 Å². The molecule has 1 aliphatic carbocycles. The summed E-state index contributed by atoms with van der Waals surface area (Å²) in [4.78, 5) is 28.7. The number of fused-ring (bicyclic) bond motifs is 1. The molecule has 1 fully saturated rings. The second-order valence-electron chi connectivity index (χ2n) is 8.57. The number of aromatic nitrogens is 1. The first-order valence-corrected chi connectivity index (χ1v) is 11.0. The first-order chi connectivity index (χ1) is 15.0. The number of hydrogen-bond donors (Lipinski definition) is 5. The molecule has 2 aromatic rings. The van der Waals surface area contributed by atoms with Gasteiger partial charge in [0.15, 0.2) is 0 Å². The van der Waals surface area contributed by atoms with Gasteiger partial charge in [-0.05, 0) is 37.3 Å². The Labute approximate surface area is 182 Å². The first-order valence-electron chi connectivity index (χ1n) is 11.0. The molecule has 1 aliphatic rings. The molecule has 7 nitrogen and oxygen atoms in total. The van der Waals surface area contributed by atoms with Crippen LogP contribution in [0.2, 0.25) is 0 Å². The summed E-state index contributed by atoms with van der Waals surface area (Å²) >= 11 is 0. The molecule has 2 amide bonds. The van der Waals surface area contributed by atoms with Crippen molar-refractivity contribution in [3.8, 4) is 0 Å². The Morgan fingerprint density at radius 2 is 1.97 bits per heavy atom. The SMILES string of the molecule is C=CC[C@H](CC(=O)NC1(CO)CCCC1)C(=O)N[C@H](CO)Cc1c[nH]c2ccccc12. The highest BCUT2D eigenvalue weighted by Crippen LogP contribution is 2.29. The maximum Gasteiger partial charge on any atom is 0.224 e. The highest BCUT2D eigenvalue weighted by molar-refractivity contribution is 5.87. The first kappa shape index (κ1) is 23.0. The van der Waals surface area contributed by atoms with Crippen LogP contribution in [0.25, 0.3) is 10.9 Å². The van der Waals surface area contributed by atoms with Gasteiger partial charge in [-0.25, -0.2) is 0 Å². The maximum absolute atomic E-state index is 12.9. The minimum Gasteiger partial charge on any atom is -0.394 e. The lowest BCUT2D eigenvalue weighted by Crippen LogP contribution is -2.50. The quantitative estimate of drug-likeness (QED) is 0.354. The third-order valence-corrected chi connectivity index (χ3v) is 6.23. The summed E-state index contributed by atoms with van der Waals surface area (Å²) in [6.45, 7) is 3.42. The van der Waals surface area contributed by atoms with E-state index in [1.54, 1.807) is 6.08 Å². The smallest absolute Gasteiger partial charge is 0.224 e. The van der Waals surface area contributed by atoms with Crippen LogP contribution in [0.15, 0.2) is 43.1 Å². The van der Waals surface area contributed by atoms with E-state index in [2.05, 4.69) is 22.2 Å². The number of hydrogen-bond acceptors (Lipinski definition) is 4. The molecule has 0 spiro atoms. The summed E-state index contributed by atoms with van der Waals surface area (Å²) in [5.41, 5.74) is 1.46. The van der Waals surface area contributed by atoms with E-state index in [0.29, 0.717) is 12.8 Å². The molecule has 1 aromatic carbocycles. The summed E-state index contributed by atoms with van der Waals surface area (Å²) < 4.78 is 0. The highest BCUT2D eigenvalue weighted by atomic mass is 16.3. The lowest BCUT2D eigenvalue weighted by Gasteiger charge is -2.29. The normalized spacial score (nSPS) is 17.2. The predicted molar refractivity (Wildman–Crippen MR) is 120 cm³/mol. The zero-order valence-electron chi connectivity index (χ0n) is 17.9. The van der Waals surface area contributed by atoms with E-state index in [1.165, 1.54) is 0 Å². The minimum absolute atomic E-state index is 0.0187. The second-order valence-corrected chi connectivity index (χ2v) is 8.57. The van der Waals surface area contributed by atoms with Gasteiger partial charge in [-0.15, -0.1) is 6.58 Å². The zero-order valence-corrected chi connectivity index (χ0v) is 17.9. The largest absolute Gasteiger partial charge is 0.394 e. The van der Waals surface area contributed by atoms with Crippen molar-refractivity contribution >= 4 is 22.7 Å². The number of aliphatic hydroxyl groups is 2. The van der Waals surface area contributed by atoms with Gasteiger partial charge in [0.25, 0.3) is 0 Å². The summed E-state index contributed by atoms with van der Waals surface area (Å²) in [5, 5.41) is 26.5. The molecular formula is C24H33N3O4. The molecule has 0 saturated heterocycles. The summed E-state index contributed by atoms with van der Waals surface area (Å²) in [6.07, 6.45) is 7.84. The van der Waals surface area contributed by atoms with Crippen molar-refractivity contribution < 1.29 is 19.8 Å². The van der Waals surface area contributed by atoms with Crippen LogP contribution in [0, 0.1) is 5.92 Å². The number of H-pyrrole nitrogens is 1. The second kappa shape index (κ2) is 10.6. The van der Waals surface area contributed by atoms with Gasteiger partial charge < -0.3 is 25.8 Å². The molecule has 168 valence electrons. The molecule has 0 radical (unpaired) electrons. The predicted octanol–water partition coefficient (Wildman–Crippen LogP) is 2.19. The Bertz CT molecular complexity index is 901. The molecule has 0 unspecified atom stereocenters. The van der Waals surface area contributed by atoms with Crippen LogP contribution in [0.3, 0.4) is 0 Å². The van der Waals surface area contributed by atoms with E-state index < -0.39 is 17.5 Å². The van der Waals surface area contributed by atoms with Gasteiger partial charge in [-0.1, -0.05) is 37.1 Å². The van der Waals surface area contributed by atoms with Crippen LogP contribution in [-0.2, 0) is 16.0 Å². The van der Waals surface area contributed by atoms with Crippen molar-refractivity contribution in [2.45, 2.75) is 56.5 Å². The fourth-order valence-corrected chi connectivity index (χ4v) is 4.48. The van der Waals surface area contributed by atoms with Gasteiger partial charge in [0.2, 0.25) is 11.8 Å². The Kier molecular flexibility index (Phi) is 7.87. The Hall–Kier alpha value is -2.64. The van der Waals surface area contributed by atoms with Crippen molar-refractivity contribution in [3.63, 3.8) is 0 Å². The summed E-state index contributed by atoms with van der Waals surface area (Å²) in [6, 6.07) is 7.43. The van der Waals surface area contributed by atoms with Crippen LogP contribution >= 0.6 is 0 Å². The topological polar surface area (TPSA) is 114 Å². The number of aliphatic hydroxyl groups excluding tert-OH is 2. The number of allylic oxidation sites excluding steroid dienone is 1. The van der Waals surface area contributed by atoms with Crippen molar-refractivity contribution in [3.05, 3.63) is 48.7 Å². The molecule has 0 aliphatic heterocycles. The van der Waals surface area contributed by atoms with Crippen LogP contribution in [-0.4, -0.2) is 51.8 Å². The molecule has 1 heterocycles. The molecule has 31 heavy (non-hydrogen) atoms. The zero-order chi connectivity index (χ0) is 22.3. The molecule has 1 saturated carbocycles. The molecule has 3 rings (SSSR count). The number of para-hydroxylation sites is 1. The number of carbonyl (C=O) groups excluding carboxylic acids is 2. The van der Waals surface area contributed by atoms with E-state index in [0.717, 1.165) is 42.1 Å². The summed E-state index contributed by atoms with van der Waals surface area (Å²) in [7, 11) is 0. The number of aromatic amines is 1. The number of rotatable bonds is 11. The van der Waals surface area contributed by atoms with Gasteiger partial charge in [0.1, 0.15) is 0 Å².